The van der Waals surface area contributed by atoms with Crippen LogP contribution >= 0.6 is 0 Å². The zero-order chi connectivity index (χ0) is 14.8. The average molecular weight is 302 g/mol. The molecule has 3 aromatic rings. The Balaban J connectivity index is 1.94. The largest absolute Gasteiger partial charge is 0.265 e. The molecule has 5 heteroatoms. The number of aryl methyl sites for hydroxylation is 1. The van der Waals surface area contributed by atoms with E-state index < -0.39 is 10.8 Å². The fourth-order valence-corrected chi connectivity index (χ4v) is 3.41. The zero-order valence-electron chi connectivity index (χ0n) is 11.6. The Morgan fingerprint density at radius 1 is 1.14 bits per heavy atom. The highest BCUT2D eigenvalue weighted by atomic mass is 32.2. The number of nitrogens with zero attached hydrogens (tertiary/aromatic N) is 2. The molecule has 108 valence electrons. The van der Waals surface area contributed by atoms with E-state index in [2.05, 4.69) is 5.10 Å². The number of fused-ring (bicyclic) bond motifs is 1. The van der Waals surface area contributed by atoms with Gasteiger partial charge in [-0.15, -0.1) is 0 Å². The van der Waals surface area contributed by atoms with Crippen molar-refractivity contribution in [1.82, 2.24) is 9.78 Å². The summed E-state index contributed by atoms with van der Waals surface area (Å²) in [6.45, 7) is 2.80. The van der Waals surface area contributed by atoms with Gasteiger partial charge in [0.2, 0.25) is 0 Å². The lowest BCUT2D eigenvalue weighted by Crippen LogP contribution is -2.00. The van der Waals surface area contributed by atoms with Gasteiger partial charge >= 0.3 is 0 Å². The predicted octanol–water partition coefficient (Wildman–Crippen LogP) is 3.50. The smallest absolute Gasteiger partial charge is 0.123 e. The topological polar surface area (TPSA) is 34.9 Å². The van der Waals surface area contributed by atoms with E-state index in [1.165, 1.54) is 12.1 Å². The highest BCUT2D eigenvalue weighted by Crippen LogP contribution is 2.21. The summed E-state index contributed by atoms with van der Waals surface area (Å²) in [4.78, 5) is 0.617. The van der Waals surface area contributed by atoms with Crippen LogP contribution in [-0.4, -0.2) is 14.0 Å². The molecule has 0 fully saturated rings. The number of hydrogen-bond acceptors (Lipinski definition) is 2. The lowest BCUT2D eigenvalue weighted by molar-refractivity contribution is 0.626. The molecule has 0 saturated carbocycles. The third kappa shape index (κ3) is 2.74. The second-order valence-electron chi connectivity index (χ2n) is 4.72. The number of para-hydroxylation sites is 1. The minimum atomic E-state index is -1.23. The van der Waals surface area contributed by atoms with E-state index in [1.807, 2.05) is 35.9 Å². The van der Waals surface area contributed by atoms with Crippen molar-refractivity contribution in [2.75, 3.05) is 0 Å². The van der Waals surface area contributed by atoms with Crippen molar-refractivity contribution in [2.24, 2.45) is 0 Å². The first kappa shape index (κ1) is 13.9. The Morgan fingerprint density at radius 2 is 1.86 bits per heavy atom. The maximum atomic E-state index is 12.9. The molecule has 1 aromatic heterocycles. The van der Waals surface area contributed by atoms with Gasteiger partial charge in [0.15, 0.2) is 0 Å². The lowest BCUT2D eigenvalue weighted by Gasteiger charge is -2.00. The van der Waals surface area contributed by atoms with Crippen molar-refractivity contribution in [3.8, 4) is 0 Å². The van der Waals surface area contributed by atoms with E-state index in [1.54, 1.807) is 12.1 Å². The van der Waals surface area contributed by atoms with Crippen molar-refractivity contribution in [2.45, 2.75) is 24.1 Å². The molecule has 0 spiro atoms. The van der Waals surface area contributed by atoms with E-state index in [9.17, 15) is 8.60 Å². The molecule has 3 rings (SSSR count). The SMILES string of the molecule is CCn1nc(CS(=O)c2ccc(F)cc2)c2ccccc21. The van der Waals surface area contributed by atoms with Gasteiger partial charge in [-0.25, -0.2) is 4.39 Å². The average Bonchev–Trinajstić information content (AvgIpc) is 2.86. The first-order valence-electron chi connectivity index (χ1n) is 6.77. The highest BCUT2D eigenvalue weighted by molar-refractivity contribution is 7.84. The third-order valence-electron chi connectivity index (χ3n) is 3.38. The van der Waals surface area contributed by atoms with Gasteiger partial charge in [-0.05, 0) is 37.3 Å². The van der Waals surface area contributed by atoms with Crippen LogP contribution in [0.5, 0.6) is 0 Å². The van der Waals surface area contributed by atoms with Gasteiger partial charge in [-0.3, -0.25) is 8.89 Å². The molecular formula is C16H15FN2OS. The zero-order valence-corrected chi connectivity index (χ0v) is 12.4. The molecule has 0 saturated heterocycles. The third-order valence-corrected chi connectivity index (χ3v) is 4.71. The van der Waals surface area contributed by atoms with Crippen LogP contribution in [0.25, 0.3) is 10.9 Å². The number of hydrogen-bond donors (Lipinski definition) is 0. The summed E-state index contributed by atoms with van der Waals surface area (Å²) in [5.74, 6) is 0.00976. The normalized spacial score (nSPS) is 12.7. The van der Waals surface area contributed by atoms with Crippen LogP contribution in [0.2, 0.25) is 0 Å². The Labute approximate surface area is 124 Å². The van der Waals surface area contributed by atoms with Crippen molar-refractivity contribution < 1.29 is 8.60 Å². The lowest BCUT2D eigenvalue weighted by atomic mass is 10.2. The van der Waals surface area contributed by atoms with Gasteiger partial charge in [-0.1, -0.05) is 18.2 Å². The molecule has 3 nitrogen and oxygen atoms in total. The molecule has 0 aliphatic rings. The molecule has 2 aromatic carbocycles. The van der Waals surface area contributed by atoms with Gasteiger partial charge in [0.1, 0.15) is 5.82 Å². The number of benzene rings is 2. The first-order valence-corrected chi connectivity index (χ1v) is 8.09. The number of rotatable bonds is 4. The summed E-state index contributed by atoms with van der Waals surface area (Å²) in [6.07, 6.45) is 0. The molecule has 1 unspecified atom stereocenters. The van der Waals surface area contributed by atoms with E-state index in [0.29, 0.717) is 10.6 Å². The monoisotopic (exact) mass is 302 g/mol. The van der Waals surface area contributed by atoms with E-state index in [4.69, 9.17) is 0 Å². The van der Waals surface area contributed by atoms with Gasteiger partial charge in [0, 0.05) is 16.8 Å². The number of halogens is 1. The molecule has 0 radical (unpaired) electrons. The Bertz CT molecular complexity index is 796. The molecule has 1 heterocycles. The molecule has 0 aliphatic heterocycles. The fourth-order valence-electron chi connectivity index (χ4n) is 2.34. The van der Waals surface area contributed by atoms with Gasteiger partial charge in [0.25, 0.3) is 0 Å². The van der Waals surface area contributed by atoms with Gasteiger partial charge in [0.05, 0.1) is 27.8 Å². The maximum absolute atomic E-state index is 12.9. The molecule has 1 atom stereocenters. The number of aromatic nitrogens is 2. The Kier molecular flexibility index (Phi) is 3.84. The molecule has 21 heavy (non-hydrogen) atoms. The maximum Gasteiger partial charge on any atom is 0.123 e. The van der Waals surface area contributed by atoms with Crippen LogP contribution in [0.3, 0.4) is 0 Å². The predicted molar refractivity (Wildman–Crippen MR) is 81.9 cm³/mol. The summed E-state index contributed by atoms with van der Waals surface area (Å²) in [7, 11) is -1.23. The summed E-state index contributed by atoms with van der Waals surface area (Å²) in [5, 5.41) is 5.56. The van der Waals surface area contributed by atoms with Crippen molar-refractivity contribution in [1.29, 1.82) is 0 Å². The van der Waals surface area contributed by atoms with Crippen molar-refractivity contribution in [3.63, 3.8) is 0 Å². The molecule has 0 aliphatic carbocycles. The second kappa shape index (κ2) is 5.77. The van der Waals surface area contributed by atoms with Crippen LogP contribution in [0.1, 0.15) is 12.6 Å². The standard InChI is InChI=1S/C16H15FN2OS/c1-2-19-16-6-4-3-5-14(16)15(18-19)11-21(20)13-9-7-12(17)8-10-13/h3-10H,2,11H2,1H3. The quantitative estimate of drug-likeness (QED) is 0.739. The van der Waals surface area contributed by atoms with Crippen LogP contribution in [0.15, 0.2) is 53.4 Å². The fraction of sp³-hybridized carbons (Fsp3) is 0.188. The summed E-state index contributed by atoms with van der Waals surface area (Å²) >= 11 is 0. The Morgan fingerprint density at radius 3 is 2.57 bits per heavy atom. The summed E-state index contributed by atoms with van der Waals surface area (Å²) in [6, 6.07) is 13.7. The molecule has 0 bridgehead atoms. The first-order chi connectivity index (χ1) is 10.2. The van der Waals surface area contributed by atoms with Crippen LogP contribution in [-0.2, 0) is 23.1 Å². The molecular weight excluding hydrogens is 287 g/mol. The van der Waals surface area contributed by atoms with Crippen molar-refractivity contribution in [3.05, 3.63) is 60.0 Å². The van der Waals surface area contributed by atoms with Crippen LogP contribution in [0.4, 0.5) is 4.39 Å². The summed E-state index contributed by atoms with van der Waals surface area (Å²) < 4.78 is 27.2. The van der Waals surface area contributed by atoms with Crippen LogP contribution in [0, 0.1) is 5.82 Å². The summed E-state index contributed by atoms with van der Waals surface area (Å²) in [5.41, 5.74) is 1.86. The minimum Gasteiger partial charge on any atom is -0.265 e. The van der Waals surface area contributed by atoms with Crippen LogP contribution < -0.4 is 0 Å². The molecule has 0 N–H and O–H groups in total. The van der Waals surface area contributed by atoms with Gasteiger partial charge in [-0.2, -0.15) is 5.10 Å². The van der Waals surface area contributed by atoms with E-state index in [0.717, 1.165) is 23.1 Å². The van der Waals surface area contributed by atoms with E-state index in [-0.39, 0.29) is 5.82 Å². The minimum absolute atomic E-state index is 0.323. The highest BCUT2D eigenvalue weighted by Gasteiger charge is 2.13. The van der Waals surface area contributed by atoms with E-state index >= 15 is 0 Å². The van der Waals surface area contributed by atoms with Gasteiger partial charge < -0.3 is 0 Å². The Hall–Kier alpha value is -2.01. The van der Waals surface area contributed by atoms with Crippen molar-refractivity contribution >= 4 is 21.7 Å². The molecule has 0 amide bonds. The second-order valence-corrected chi connectivity index (χ2v) is 6.17.